The van der Waals surface area contributed by atoms with E-state index in [9.17, 15) is 5.11 Å². The maximum absolute atomic E-state index is 9.39. The second-order valence-corrected chi connectivity index (χ2v) is 4.28. The van der Waals surface area contributed by atoms with Gasteiger partial charge in [-0.05, 0) is 43.4 Å². The van der Waals surface area contributed by atoms with Gasteiger partial charge in [0.15, 0.2) is 0 Å². The lowest BCUT2D eigenvalue weighted by Gasteiger charge is -2.03. The first-order chi connectivity index (χ1) is 7.20. The summed E-state index contributed by atoms with van der Waals surface area (Å²) in [6.07, 6.45) is 4.25. The summed E-state index contributed by atoms with van der Waals surface area (Å²) in [6, 6.07) is 5.82. The molecule has 2 heteroatoms. The summed E-state index contributed by atoms with van der Waals surface area (Å²) in [4.78, 5) is 0. The maximum Gasteiger partial charge on any atom is 0.118 e. The molecular weight excluding hydrogens is 188 g/mol. The van der Waals surface area contributed by atoms with Crippen LogP contribution >= 0.6 is 0 Å². The van der Waals surface area contributed by atoms with Crippen LogP contribution in [0.4, 0.5) is 0 Å². The first kappa shape index (κ1) is 10.5. The monoisotopic (exact) mass is 206 g/mol. The SMILES string of the molecule is CCC1OC1CCc1ccc(O)c(C)c1. The normalized spacial score (nSPS) is 24.1. The van der Waals surface area contributed by atoms with Gasteiger partial charge in [-0.1, -0.05) is 19.1 Å². The van der Waals surface area contributed by atoms with Crippen molar-refractivity contribution in [2.24, 2.45) is 0 Å². The summed E-state index contributed by atoms with van der Waals surface area (Å²) in [6.45, 7) is 4.09. The molecule has 0 aromatic heterocycles. The standard InChI is InChI=1S/C13H18O2/c1-3-12-13(15-12)7-5-10-4-6-11(14)9(2)8-10/h4,6,8,12-14H,3,5,7H2,1-2H3. The zero-order valence-electron chi connectivity index (χ0n) is 9.36. The molecule has 1 aliphatic heterocycles. The van der Waals surface area contributed by atoms with E-state index in [1.54, 1.807) is 6.07 Å². The molecular formula is C13H18O2. The van der Waals surface area contributed by atoms with Gasteiger partial charge in [0.1, 0.15) is 5.75 Å². The predicted octanol–water partition coefficient (Wildman–Crippen LogP) is 2.81. The topological polar surface area (TPSA) is 32.8 Å². The van der Waals surface area contributed by atoms with Crippen molar-refractivity contribution in [2.45, 2.75) is 45.3 Å². The number of rotatable bonds is 4. The van der Waals surface area contributed by atoms with Crippen LogP contribution in [0.25, 0.3) is 0 Å². The summed E-state index contributed by atoms with van der Waals surface area (Å²) in [5, 5.41) is 9.39. The average Bonchev–Trinajstić information content (AvgIpc) is 2.98. The van der Waals surface area contributed by atoms with E-state index in [0.717, 1.165) is 24.8 Å². The highest BCUT2D eigenvalue weighted by Crippen LogP contribution is 2.29. The summed E-state index contributed by atoms with van der Waals surface area (Å²) >= 11 is 0. The van der Waals surface area contributed by atoms with Gasteiger partial charge < -0.3 is 9.84 Å². The van der Waals surface area contributed by atoms with E-state index >= 15 is 0 Å². The van der Waals surface area contributed by atoms with Gasteiger partial charge in [0, 0.05) is 0 Å². The van der Waals surface area contributed by atoms with Gasteiger partial charge in [-0.15, -0.1) is 0 Å². The molecule has 2 rings (SSSR count). The minimum Gasteiger partial charge on any atom is -0.508 e. The molecule has 0 saturated carbocycles. The smallest absolute Gasteiger partial charge is 0.118 e. The third kappa shape index (κ3) is 2.51. The molecule has 2 nitrogen and oxygen atoms in total. The number of ether oxygens (including phenoxy) is 1. The highest BCUT2D eigenvalue weighted by Gasteiger charge is 2.35. The lowest BCUT2D eigenvalue weighted by Crippen LogP contribution is -1.95. The zero-order valence-corrected chi connectivity index (χ0v) is 9.36. The zero-order chi connectivity index (χ0) is 10.8. The first-order valence-electron chi connectivity index (χ1n) is 5.64. The Labute approximate surface area is 90.9 Å². The van der Waals surface area contributed by atoms with Crippen LogP contribution in [0.15, 0.2) is 18.2 Å². The van der Waals surface area contributed by atoms with Gasteiger partial charge in [-0.2, -0.15) is 0 Å². The fraction of sp³-hybridized carbons (Fsp3) is 0.538. The van der Waals surface area contributed by atoms with Crippen molar-refractivity contribution < 1.29 is 9.84 Å². The Balaban J connectivity index is 1.86. The number of benzene rings is 1. The molecule has 0 bridgehead atoms. The molecule has 1 saturated heterocycles. The molecule has 0 spiro atoms. The van der Waals surface area contributed by atoms with Crippen molar-refractivity contribution in [1.82, 2.24) is 0 Å². The number of aryl methyl sites for hydroxylation is 2. The third-order valence-corrected chi connectivity index (χ3v) is 3.07. The van der Waals surface area contributed by atoms with Crippen LogP contribution in [0, 0.1) is 6.92 Å². The largest absolute Gasteiger partial charge is 0.508 e. The minimum absolute atomic E-state index is 0.382. The number of epoxide rings is 1. The van der Waals surface area contributed by atoms with Gasteiger partial charge in [-0.3, -0.25) is 0 Å². The maximum atomic E-state index is 9.39. The quantitative estimate of drug-likeness (QED) is 0.768. The van der Waals surface area contributed by atoms with Crippen molar-refractivity contribution in [1.29, 1.82) is 0 Å². The fourth-order valence-corrected chi connectivity index (χ4v) is 1.97. The van der Waals surface area contributed by atoms with Crippen LogP contribution in [0.3, 0.4) is 0 Å². The van der Waals surface area contributed by atoms with Crippen LogP contribution in [-0.4, -0.2) is 17.3 Å². The third-order valence-electron chi connectivity index (χ3n) is 3.07. The second-order valence-electron chi connectivity index (χ2n) is 4.28. The van der Waals surface area contributed by atoms with Gasteiger partial charge >= 0.3 is 0 Å². The molecule has 15 heavy (non-hydrogen) atoms. The van der Waals surface area contributed by atoms with Gasteiger partial charge in [0.2, 0.25) is 0 Å². The van der Waals surface area contributed by atoms with E-state index in [2.05, 4.69) is 13.0 Å². The molecule has 2 atom stereocenters. The van der Waals surface area contributed by atoms with Crippen LogP contribution in [0.2, 0.25) is 0 Å². The van der Waals surface area contributed by atoms with Crippen LogP contribution in [0.1, 0.15) is 30.9 Å². The van der Waals surface area contributed by atoms with E-state index < -0.39 is 0 Å². The molecule has 2 unspecified atom stereocenters. The average molecular weight is 206 g/mol. The Bertz CT molecular complexity index is 346. The van der Waals surface area contributed by atoms with Crippen molar-refractivity contribution >= 4 is 0 Å². The van der Waals surface area contributed by atoms with Crippen molar-refractivity contribution in [3.8, 4) is 5.75 Å². The number of phenolic OH excluding ortho intramolecular Hbond substituents is 1. The molecule has 1 fully saturated rings. The fourth-order valence-electron chi connectivity index (χ4n) is 1.97. The van der Waals surface area contributed by atoms with E-state index in [0.29, 0.717) is 18.0 Å². The van der Waals surface area contributed by atoms with Crippen LogP contribution in [-0.2, 0) is 11.2 Å². The van der Waals surface area contributed by atoms with Crippen molar-refractivity contribution in [2.75, 3.05) is 0 Å². The summed E-state index contributed by atoms with van der Waals surface area (Å²) < 4.78 is 5.49. The Morgan fingerprint density at radius 1 is 1.33 bits per heavy atom. The van der Waals surface area contributed by atoms with Gasteiger partial charge in [-0.25, -0.2) is 0 Å². The molecule has 1 aromatic carbocycles. The Kier molecular flexibility index (Phi) is 2.96. The van der Waals surface area contributed by atoms with Crippen LogP contribution < -0.4 is 0 Å². The molecule has 0 amide bonds. The van der Waals surface area contributed by atoms with E-state index in [-0.39, 0.29) is 0 Å². The lowest BCUT2D eigenvalue weighted by atomic mass is 10.0. The minimum atomic E-state index is 0.382. The molecule has 1 aliphatic rings. The Morgan fingerprint density at radius 2 is 2.13 bits per heavy atom. The highest BCUT2D eigenvalue weighted by atomic mass is 16.6. The second kappa shape index (κ2) is 4.23. The van der Waals surface area contributed by atoms with Gasteiger partial charge in [0.25, 0.3) is 0 Å². The van der Waals surface area contributed by atoms with E-state index in [1.165, 1.54) is 5.56 Å². The molecule has 1 heterocycles. The van der Waals surface area contributed by atoms with E-state index in [1.807, 2.05) is 13.0 Å². The molecule has 0 aliphatic carbocycles. The van der Waals surface area contributed by atoms with Crippen LogP contribution in [0.5, 0.6) is 5.75 Å². The molecule has 1 N–H and O–H groups in total. The number of hydrogen-bond donors (Lipinski definition) is 1. The van der Waals surface area contributed by atoms with Crippen molar-refractivity contribution in [3.05, 3.63) is 29.3 Å². The molecule has 0 radical (unpaired) electrons. The number of aromatic hydroxyl groups is 1. The predicted molar refractivity (Wildman–Crippen MR) is 60.1 cm³/mol. The Morgan fingerprint density at radius 3 is 2.73 bits per heavy atom. The highest BCUT2D eigenvalue weighted by molar-refractivity contribution is 5.35. The van der Waals surface area contributed by atoms with Gasteiger partial charge in [0.05, 0.1) is 12.2 Å². The lowest BCUT2D eigenvalue weighted by molar-refractivity contribution is 0.360. The Hall–Kier alpha value is -1.02. The molecule has 82 valence electrons. The number of hydrogen-bond acceptors (Lipinski definition) is 2. The first-order valence-corrected chi connectivity index (χ1v) is 5.64. The summed E-state index contributed by atoms with van der Waals surface area (Å²) in [5.41, 5.74) is 2.24. The van der Waals surface area contributed by atoms with E-state index in [4.69, 9.17) is 4.74 Å². The summed E-state index contributed by atoms with van der Waals surface area (Å²) in [5.74, 6) is 0.382. The number of phenols is 1. The summed E-state index contributed by atoms with van der Waals surface area (Å²) in [7, 11) is 0. The van der Waals surface area contributed by atoms with Crippen molar-refractivity contribution in [3.63, 3.8) is 0 Å². The molecule has 1 aromatic rings.